The number of likely N-dealkylation sites (tertiary alicyclic amines) is 1. The van der Waals surface area contributed by atoms with E-state index in [1.807, 2.05) is 12.1 Å². The van der Waals surface area contributed by atoms with Crippen LogP contribution in [0.1, 0.15) is 25.3 Å². The molecule has 0 aliphatic carbocycles. The van der Waals surface area contributed by atoms with E-state index in [2.05, 4.69) is 11.8 Å². The van der Waals surface area contributed by atoms with Crippen molar-refractivity contribution < 1.29 is 14.6 Å². The lowest BCUT2D eigenvalue weighted by Crippen LogP contribution is -2.36. The minimum atomic E-state index is 0.0931. The number of carbonyl (C=O) groups is 1. The van der Waals surface area contributed by atoms with Gasteiger partial charge in [-0.1, -0.05) is 13.0 Å². The van der Waals surface area contributed by atoms with Gasteiger partial charge in [-0.3, -0.25) is 9.69 Å². The highest BCUT2D eigenvalue weighted by molar-refractivity contribution is 6.00. The SMILES string of the molecule is CCCN1CCC(=O)/C(=C/c2ccc(OC)c(O)c2)C1. The molecule has 1 N–H and O–H groups in total. The van der Waals surface area contributed by atoms with Gasteiger partial charge in [0.15, 0.2) is 17.3 Å². The zero-order valence-electron chi connectivity index (χ0n) is 12.1. The molecule has 0 unspecified atom stereocenters. The van der Waals surface area contributed by atoms with Gasteiger partial charge in [0.2, 0.25) is 0 Å². The number of ether oxygens (including phenoxy) is 1. The molecular weight excluding hydrogens is 254 g/mol. The summed E-state index contributed by atoms with van der Waals surface area (Å²) >= 11 is 0. The summed E-state index contributed by atoms with van der Waals surface area (Å²) in [6, 6.07) is 5.17. The van der Waals surface area contributed by atoms with Crippen molar-refractivity contribution in [3.63, 3.8) is 0 Å². The number of hydrogen-bond acceptors (Lipinski definition) is 4. The molecule has 0 bridgehead atoms. The standard InChI is InChI=1S/C16H21NO3/c1-3-7-17-8-6-14(18)13(11-17)9-12-4-5-16(20-2)15(19)10-12/h4-5,9-10,19H,3,6-8,11H2,1-2H3/b13-9+. The minimum absolute atomic E-state index is 0.0931. The Labute approximate surface area is 119 Å². The highest BCUT2D eigenvalue weighted by Crippen LogP contribution is 2.27. The van der Waals surface area contributed by atoms with Crippen LogP contribution < -0.4 is 4.74 Å². The molecule has 1 saturated heterocycles. The lowest BCUT2D eigenvalue weighted by molar-refractivity contribution is -0.117. The summed E-state index contributed by atoms with van der Waals surface area (Å²) in [6.07, 6.45) is 3.53. The third-order valence-corrected chi connectivity index (χ3v) is 3.49. The molecule has 0 atom stereocenters. The fraction of sp³-hybridized carbons (Fsp3) is 0.438. The Hall–Kier alpha value is -1.81. The number of Topliss-reactive ketones (excluding diaryl/α,β-unsaturated/α-hetero) is 1. The van der Waals surface area contributed by atoms with E-state index >= 15 is 0 Å². The first-order valence-corrected chi connectivity index (χ1v) is 6.97. The largest absolute Gasteiger partial charge is 0.504 e. The third kappa shape index (κ3) is 3.39. The van der Waals surface area contributed by atoms with Gasteiger partial charge in [0.25, 0.3) is 0 Å². The maximum Gasteiger partial charge on any atom is 0.161 e. The van der Waals surface area contributed by atoms with Crippen molar-refractivity contribution in [2.45, 2.75) is 19.8 Å². The summed E-state index contributed by atoms with van der Waals surface area (Å²) < 4.78 is 5.01. The number of aromatic hydroxyl groups is 1. The first-order valence-electron chi connectivity index (χ1n) is 6.97. The van der Waals surface area contributed by atoms with Gasteiger partial charge in [0, 0.05) is 25.1 Å². The summed E-state index contributed by atoms with van der Waals surface area (Å²) in [6.45, 7) is 4.69. The monoisotopic (exact) mass is 275 g/mol. The van der Waals surface area contributed by atoms with Crippen molar-refractivity contribution in [2.24, 2.45) is 0 Å². The topological polar surface area (TPSA) is 49.8 Å². The second-order valence-electron chi connectivity index (χ2n) is 5.05. The molecule has 20 heavy (non-hydrogen) atoms. The van der Waals surface area contributed by atoms with Crippen LogP contribution in [0.3, 0.4) is 0 Å². The summed E-state index contributed by atoms with van der Waals surface area (Å²) in [5, 5.41) is 9.77. The number of phenolic OH excluding ortho intramolecular Hbond substituents is 1. The first-order chi connectivity index (χ1) is 9.63. The molecule has 2 rings (SSSR count). The smallest absolute Gasteiger partial charge is 0.161 e. The van der Waals surface area contributed by atoms with Crippen LogP contribution in [0.5, 0.6) is 11.5 Å². The Balaban J connectivity index is 2.19. The van der Waals surface area contributed by atoms with Crippen LogP contribution in [-0.4, -0.2) is 42.5 Å². The highest BCUT2D eigenvalue weighted by Gasteiger charge is 2.20. The molecule has 1 aliphatic heterocycles. The Morgan fingerprint density at radius 2 is 2.25 bits per heavy atom. The molecule has 1 aromatic carbocycles. The zero-order valence-corrected chi connectivity index (χ0v) is 12.1. The van der Waals surface area contributed by atoms with Crippen molar-refractivity contribution in [1.29, 1.82) is 0 Å². The molecule has 1 aliphatic rings. The fourth-order valence-electron chi connectivity index (χ4n) is 2.46. The number of benzene rings is 1. The van der Waals surface area contributed by atoms with Crippen LogP contribution in [0.2, 0.25) is 0 Å². The average Bonchev–Trinajstić information content (AvgIpc) is 2.43. The number of piperidine rings is 1. The quantitative estimate of drug-likeness (QED) is 0.858. The van der Waals surface area contributed by atoms with E-state index in [9.17, 15) is 9.90 Å². The van der Waals surface area contributed by atoms with Gasteiger partial charge in [0.05, 0.1) is 7.11 Å². The molecule has 0 saturated carbocycles. The lowest BCUT2D eigenvalue weighted by Gasteiger charge is -2.27. The zero-order chi connectivity index (χ0) is 14.5. The van der Waals surface area contributed by atoms with E-state index < -0.39 is 0 Å². The van der Waals surface area contributed by atoms with Gasteiger partial charge in [-0.25, -0.2) is 0 Å². The maximum absolute atomic E-state index is 12.0. The normalized spacial score (nSPS) is 18.5. The molecule has 4 nitrogen and oxygen atoms in total. The van der Waals surface area contributed by atoms with Crippen LogP contribution >= 0.6 is 0 Å². The molecule has 1 heterocycles. The van der Waals surface area contributed by atoms with Crippen LogP contribution in [0.15, 0.2) is 23.8 Å². The number of methoxy groups -OCH3 is 1. The predicted octanol–water partition coefficient (Wildman–Crippen LogP) is 2.47. The number of carbonyl (C=O) groups excluding carboxylic acids is 1. The van der Waals surface area contributed by atoms with E-state index in [1.165, 1.54) is 7.11 Å². The van der Waals surface area contributed by atoms with Crippen molar-refractivity contribution in [1.82, 2.24) is 4.90 Å². The molecule has 108 valence electrons. The van der Waals surface area contributed by atoms with E-state index in [-0.39, 0.29) is 11.5 Å². The van der Waals surface area contributed by atoms with Gasteiger partial charge in [-0.2, -0.15) is 0 Å². The van der Waals surface area contributed by atoms with Gasteiger partial charge in [0.1, 0.15) is 0 Å². The first kappa shape index (κ1) is 14.6. The molecule has 0 amide bonds. The van der Waals surface area contributed by atoms with Crippen LogP contribution in [0.25, 0.3) is 6.08 Å². The second kappa shape index (κ2) is 6.57. The van der Waals surface area contributed by atoms with Crippen LogP contribution in [0, 0.1) is 0 Å². The summed E-state index contributed by atoms with van der Waals surface area (Å²) in [4.78, 5) is 14.3. The molecule has 1 fully saturated rings. The van der Waals surface area contributed by atoms with Crippen LogP contribution in [-0.2, 0) is 4.79 Å². The van der Waals surface area contributed by atoms with Crippen LogP contribution in [0.4, 0.5) is 0 Å². The average molecular weight is 275 g/mol. The minimum Gasteiger partial charge on any atom is -0.504 e. The lowest BCUT2D eigenvalue weighted by atomic mass is 10.00. The van der Waals surface area contributed by atoms with Crippen molar-refractivity contribution in [3.8, 4) is 11.5 Å². The third-order valence-electron chi connectivity index (χ3n) is 3.49. The maximum atomic E-state index is 12.0. The van der Waals surface area contributed by atoms with E-state index in [0.29, 0.717) is 18.7 Å². The molecule has 4 heteroatoms. The molecule has 1 aromatic rings. The molecule has 0 aromatic heterocycles. The van der Waals surface area contributed by atoms with Crippen molar-refractivity contribution >= 4 is 11.9 Å². The predicted molar refractivity (Wildman–Crippen MR) is 79.0 cm³/mol. The Bertz CT molecular complexity index is 522. The number of rotatable bonds is 4. The number of hydrogen-bond donors (Lipinski definition) is 1. The summed E-state index contributed by atoms with van der Waals surface area (Å²) in [5.41, 5.74) is 1.64. The molecule has 0 spiro atoms. The number of phenols is 1. The van der Waals surface area contributed by atoms with Crippen molar-refractivity contribution in [2.75, 3.05) is 26.7 Å². The van der Waals surface area contributed by atoms with Gasteiger partial charge >= 0.3 is 0 Å². The summed E-state index contributed by atoms with van der Waals surface area (Å²) in [5.74, 6) is 0.734. The molecule has 0 radical (unpaired) electrons. The Morgan fingerprint density at radius 1 is 1.45 bits per heavy atom. The van der Waals surface area contributed by atoms with Gasteiger partial charge in [-0.05, 0) is 36.7 Å². The van der Waals surface area contributed by atoms with Gasteiger partial charge in [-0.15, -0.1) is 0 Å². The fourth-order valence-corrected chi connectivity index (χ4v) is 2.46. The highest BCUT2D eigenvalue weighted by atomic mass is 16.5. The van der Waals surface area contributed by atoms with Gasteiger partial charge < -0.3 is 9.84 Å². The Morgan fingerprint density at radius 3 is 2.90 bits per heavy atom. The van der Waals surface area contributed by atoms with E-state index in [1.54, 1.807) is 12.1 Å². The van der Waals surface area contributed by atoms with Crippen molar-refractivity contribution in [3.05, 3.63) is 29.3 Å². The molecular formula is C16H21NO3. The summed E-state index contributed by atoms with van der Waals surface area (Å²) in [7, 11) is 1.51. The number of nitrogens with zero attached hydrogens (tertiary/aromatic N) is 1. The van der Waals surface area contributed by atoms with E-state index in [0.717, 1.165) is 30.6 Å². The second-order valence-corrected chi connectivity index (χ2v) is 5.05. The van der Waals surface area contributed by atoms with E-state index in [4.69, 9.17) is 4.74 Å². The number of ketones is 1. The Kier molecular flexibility index (Phi) is 4.79.